The smallest absolute Gasteiger partial charge is 0.313 e. The zero-order valence-electron chi connectivity index (χ0n) is 10.8. The molecule has 0 aliphatic heterocycles. The molecule has 5 heteroatoms. The Hall–Kier alpha value is -1.88. The number of hydrogen-bond donors (Lipinski definition) is 3. The summed E-state index contributed by atoms with van der Waals surface area (Å²) in [5, 5.41) is 13.8. The van der Waals surface area contributed by atoms with E-state index in [2.05, 4.69) is 10.6 Å². The Kier molecular flexibility index (Phi) is 4.85. The molecule has 0 bridgehead atoms. The summed E-state index contributed by atoms with van der Waals surface area (Å²) in [6.45, 7) is 5.41. The van der Waals surface area contributed by atoms with E-state index in [0.29, 0.717) is 5.69 Å². The van der Waals surface area contributed by atoms with Gasteiger partial charge in [0, 0.05) is 12.2 Å². The van der Waals surface area contributed by atoms with Gasteiger partial charge in [-0.3, -0.25) is 9.59 Å². The normalized spacial score (nSPS) is 11.8. The molecule has 0 spiro atoms. The fraction of sp³-hybridized carbons (Fsp3) is 0.385. The van der Waals surface area contributed by atoms with Crippen LogP contribution in [0.3, 0.4) is 0 Å². The second-order valence-corrected chi connectivity index (χ2v) is 4.39. The van der Waals surface area contributed by atoms with E-state index < -0.39 is 17.9 Å². The van der Waals surface area contributed by atoms with E-state index in [4.69, 9.17) is 5.11 Å². The molecule has 0 fully saturated rings. The van der Waals surface area contributed by atoms with E-state index in [1.807, 2.05) is 19.9 Å². The first-order valence-electron chi connectivity index (χ1n) is 5.74. The molecule has 98 valence electrons. The summed E-state index contributed by atoms with van der Waals surface area (Å²) in [6, 6.07) is 5.54. The highest BCUT2D eigenvalue weighted by Gasteiger charge is 2.14. The van der Waals surface area contributed by atoms with Gasteiger partial charge in [-0.05, 0) is 44.0 Å². The lowest BCUT2D eigenvalue weighted by Gasteiger charge is -2.09. The van der Waals surface area contributed by atoms with Crippen LogP contribution in [-0.2, 0) is 9.59 Å². The third-order valence-corrected chi connectivity index (χ3v) is 2.24. The Morgan fingerprint density at radius 3 is 2.22 bits per heavy atom. The van der Waals surface area contributed by atoms with E-state index in [1.54, 1.807) is 12.1 Å². The van der Waals surface area contributed by atoms with Gasteiger partial charge >= 0.3 is 11.8 Å². The summed E-state index contributed by atoms with van der Waals surface area (Å²) >= 11 is 0. The Balaban J connectivity index is 2.61. The molecular formula is C13H18N2O3. The van der Waals surface area contributed by atoms with Gasteiger partial charge in [0.2, 0.25) is 0 Å². The van der Waals surface area contributed by atoms with Gasteiger partial charge in [0.15, 0.2) is 0 Å². The number of hydrogen-bond acceptors (Lipinski definition) is 3. The van der Waals surface area contributed by atoms with Gasteiger partial charge in [-0.1, -0.05) is 6.07 Å². The lowest BCUT2D eigenvalue weighted by atomic mass is 10.1. The molecule has 1 aromatic rings. The summed E-state index contributed by atoms with van der Waals surface area (Å²) in [7, 11) is 0. The molecule has 0 aliphatic carbocycles. The molecular weight excluding hydrogens is 232 g/mol. The van der Waals surface area contributed by atoms with Crippen LogP contribution in [-0.4, -0.2) is 29.6 Å². The molecule has 0 heterocycles. The monoisotopic (exact) mass is 250 g/mol. The average Bonchev–Trinajstić information content (AvgIpc) is 2.24. The van der Waals surface area contributed by atoms with E-state index >= 15 is 0 Å². The molecule has 5 nitrogen and oxygen atoms in total. The van der Waals surface area contributed by atoms with Crippen molar-refractivity contribution in [2.45, 2.75) is 26.9 Å². The quantitative estimate of drug-likeness (QED) is 0.692. The lowest BCUT2D eigenvalue weighted by Crippen LogP contribution is -2.38. The Morgan fingerprint density at radius 1 is 1.17 bits per heavy atom. The minimum atomic E-state index is -0.755. The largest absolute Gasteiger partial charge is 0.392 e. The molecule has 0 unspecified atom stereocenters. The van der Waals surface area contributed by atoms with Crippen LogP contribution in [0.4, 0.5) is 5.69 Å². The van der Waals surface area contributed by atoms with Gasteiger partial charge in [0.25, 0.3) is 0 Å². The summed E-state index contributed by atoms with van der Waals surface area (Å²) in [5.41, 5.74) is 2.61. The zero-order chi connectivity index (χ0) is 13.7. The van der Waals surface area contributed by atoms with E-state index in [1.165, 1.54) is 6.92 Å². The third kappa shape index (κ3) is 4.55. The van der Waals surface area contributed by atoms with Gasteiger partial charge in [0.1, 0.15) is 0 Å². The number of aliphatic hydroxyl groups excluding tert-OH is 1. The molecule has 1 atom stereocenters. The number of aryl methyl sites for hydroxylation is 2. The number of aliphatic hydroxyl groups is 1. The van der Waals surface area contributed by atoms with Crippen molar-refractivity contribution in [2.75, 3.05) is 11.9 Å². The molecule has 3 N–H and O–H groups in total. The second-order valence-electron chi connectivity index (χ2n) is 4.39. The summed E-state index contributed by atoms with van der Waals surface area (Å²) in [6.07, 6.45) is -0.678. The predicted octanol–water partition coefficient (Wildman–Crippen LogP) is 0.739. The predicted molar refractivity (Wildman–Crippen MR) is 69.2 cm³/mol. The van der Waals surface area contributed by atoms with Crippen molar-refractivity contribution < 1.29 is 14.7 Å². The van der Waals surface area contributed by atoms with Crippen LogP contribution < -0.4 is 10.6 Å². The number of anilines is 1. The number of carbonyl (C=O) groups excluding carboxylic acids is 2. The first-order chi connectivity index (χ1) is 8.38. The van der Waals surface area contributed by atoms with E-state index in [0.717, 1.165) is 11.1 Å². The molecule has 1 aromatic carbocycles. The molecule has 0 aliphatic rings. The standard InChI is InChI=1S/C13H18N2O3/c1-8-4-9(2)6-11(5-8)15-13(18)12(17)14-7-10(3)16/h4-6,10,16H,7H2,1-3H3,(H,14,17)(H,15,18)/t10-/m1/s1. The maximum Gasteiger partial charge on any atom is 0.313 e. The van der Waals surface area contributed by atoms with Crippen molar-refractivity contribution in [1.82, 2.24) is 5.32 Å². The van der Waals surface area contributed by atoms with Crippen LogP contribution in [0, 0.1) is 13.8 Å². The molecule has 1 rings (SSSR count). The Bertz CT molecular complexity index is 435. The summed E-state index contributed by atoms with van der Waals surface area (Å²) in [4.78, 5) is 22.9. The number of carbonyl (C=O) groups is 2. The highest BCUT2D eigenvalue weighted by atomic mass is 16.3. The average molecular weight is 250 g/mol. The SMILES string of the molecule is Cc1cc(C)cc(NC(=O)C(=O)NC[C@@H](C)O)c1. The third-order valence-electron chi connectivity index (χ3n) is 2.24. The van der Waals surface area contributed by atoms with Gasteiger partial charge in [-0.15, -0.1) is 0 Å². The molecule has 0 saturated carbocycles. The van der Waals surface area contributed by atoms with Crippen LogP contribution in [0.1, 0.15) is 18.1 Å². The molecule has 0 radical (unpaired) electrons. The van der Waals surface area contributed by atoms with Crippen molar-refractivity contribution in [1.29, 1.82) is 0 Å². The highest BCUT2D eigenvalue weighted by molar-refractivity contribution is 6.39. The van der Waals surface area contributed by atoms with Crippen LogP contribution in [0.5, 0.6) is 0 Å². The van der Waals surface area contributed by atoms with E-state index in [9.17, 15) is 9.59 Å². The van der Waals surface area contributed by atoms with Crippen LogP contribution in [0.25, 0.3) is 0 Å². The van der Waals surface area contributed by atoms with Crippen LogP contribution >= 0.6 is 0 Å². The van der Waals surface area contributed by atoms with E-state index in [-0.39, 0.29) is 6.54 Å². The van der Waals surface area contributed by atoms with Crippen LogP contribution in [0.2, 0.25) is 0 Å². The second kappa shape index (κ2) is 6.16. The van der Waals surface area contributed by atoms with Crippen molar-refractivity contribution in [3.63, 3.8) is 0 Å². The minimum absolute atomic E-state index is 0.0547. The number of nitrogens with one attached hydrogen (secondary N) is 2. The van der Waals surface area contributed by atoms with Crippen molar-refractivity contribution in [2.24, 2.45) is 0 Å². The lowest BCUT2D eigenvalue weighted by molar-refractivity contribution is -0.136. The molecule has 2 amide bonds. The molecule has 18 heavy (non-hydrogen) atoms. The van der Waals surface area contributed by atoms with Gasteiger partial charge in [-0.25, -0.2) is 0 Å². The van der Waals surface area contributed by atoms with Crippen molar-refractivity contribution in [3.8, 4) is 0 Å². The summed E-state index contributed by atoms with van der Waals surface area (Å²) < 4.78 is 0. The zero-order valence-corrected chi connectivity index (χ0v) is 10.8. The minimum Gasteiger partial charge on any atom is -0.392 e. The van der Waals surface area contributed by atoms with Crippen molar-refractivity contribution in [3.05, 3.63) is 29.3 Å². The molecule has 0 aromatic heterocycles. The van der Waals surface area contributed by atoms with Gasteiger partial charge in [0.05, 0.1) is 6.10 Å². The molecule has 0 saturated heterocycles. The maximum absolute atomic E-state index is 11.5. The number of amides is 2. The first kappa shape index (κ1) is 14.2. The van der Waals surface area contributed by atoms with Crippen molar-refractivity contribution >= 4 is 17.5 Å². The van der Waals surface area contributed by atoms with Gasteiger partial charge < -0.3 is 15.7 Å². The van der Waals surface area contributed by atoms with Gasteiger partial charge in [-0.2, -0.15) is 0 Å². The summed E-state index contributed by atoms with van der Waals surface area (Å²) in [5.74, 6) is -1.49. The fourth-order valence-electron chi connectivity index (χ4n) is 1.56. The highest BCUT2D eigenvalue weighted by Crippen LogP contribution is 2.13. The topological polar surface area (TPSA) is 78.4 Å². The number of rotatable bonds is 3. The fourth-order valence-corrected chi connectivity index (χ4v) is 1.56. The maximum atomic E-state index is 11.5. The number of benzene rings is 1. The Morgan fingerprint density at radius 2 is 1.72 bits per heavy atom. The Labute approximate surface area is 106 Å². The van der Waals surface area contributed by atoms with Crippen LogP contribution in [0.15, 0.2) is 18.2 Å². The first-order valence-corrected chi connectivity index (χ1v) is 5.74.